The summed E-state index contributed by atoms with van der Waals surface area (Å²) in [4.78, 5) is 26.8. The van der Waals surface area contributed by atoms with Crippen LogP contribution in [0.25, 0.3) is 0 Å². The molecule has 104 valence electrons. The van der Waals surface area contributed by atoms with E-state index in [-0.39, 0.29) is 17.8 Å². The number of amides is 1. The molecule has 2 heterocycles. The molecule has 8 nitrogen and oxygen atoms in total. The van der Waals surface area contributed by atoms with Crippen LogP contribution < -0.4 is 5.32 Å². The van der Waals surface area contributed by atoms with Crippen LogP contribution in [0.15, 0.2) is 24.7 Å². The van der Waals surface area contributed by atoms with Gasteiger partial charge in [-0.15, -0.1) is 10.2 Å². The maximum absolute atomic E-state index is 12.0. The van der Waals surface area contributed by atoms with E-state index in [2.05, 4.69) is 20.5 Å². The molecule has 0 aliphatic carbocycles. The van der Waals surface area contributed by atoms with Crippen LogP contribution >= 0.6 is 0 Å². The average Bonchev–Trinajstić information content (AvgIpc) is 2.92. The lowest BCUT2D eigenvalue weighted by molar-refractivity contribution is 0.0690. The fraction of sp³-hybridized carbons (Fsp3) is 0.250. The Balaban J connectivity index is 2.11. The van der Waals surface area contributed by atoms with E-state index in [1.165, 1.54) is 18.3 Å². The lowest BCUT2D eigenvalue weighted by Crippen LogP contribution is -2.27. The number of aromatic nitrogens is 4. The van der Waals surface area contributed by atoms with Crippen molar-refractivity contribution in [2.24, 2.45) is 0 Å². The highest BCUT2D eigenvalue weighted by molar-refractivity contribution is 6.03. The number of carbonyl (C=O) groups is 2. The van der Waals surface area contributed by atoms with E-state index in [1.54, 1.807) is 10.9 Å². The van der Waals surface area contributed by atoms with Crippen molar-refractivity contribution in [1.29, 1.82) is 0 Å². The quantitative estimate of drug-likeness (QED) is 0.813. The van der Waals surface area contributed by atoms with E-state index >= 15 is 0 Å². The number of carbonyl (C=O) groups excluding carboxylic acids is 1. The van der Waals surface area contributed by atoms with E-state index < -0.39 is 11.9 Å². The highest BCUT2D eigenvalue weighted by atomic mass is 16.4. The fourth-order valence-electron chi connectivity index (χ4n) is 1.68. The van der Waals surface area contributed by atoms with Gasteiger partial charge >= 0.3 is 5.97 Å². The molecule has 0 aliphatic rings. The Morgan fingerprint density at radius 1 is 1.45 bits per heavy atom. The zero-order chi connectivity index (χ0) is 14.5. The summed E-state index contributed by atoms with van der Waals surface area (Å²) in [5.41, 5.74) is -0.260. The molecule has 0 aliphatic heterocycles. The van der Waals surface area contributed by atoms with Gasteiger partial charge in [0.2, 0.25) is 0 Å². The minimum absolute atomic E-state index is 0.123. The Hall–Kier alpha value is -2.77. The van der Waals surface area contributed by atoms with Crippen LogP contribution in [0.5, 0.6) is 0 Å². The Kier molecular flexibility index (Phi) is 4.04. The van der Waals surface area contributed by atoms with Gasteiger partial charge < -0.3 is 15.0 Å². The third-order valence-electron chi connectivity index (χ3n) is 2.70. The highest BCUT2D eigenvalue weighted by Gasteiger charge is 2.17. The zero-order valence-corrected chi connectivity index (χ0v) is 10.8. The van der Waals surface area contributed by atoms with Gasteiger partial charge in [-0.1, -0.05) is 0 Å². The van der Waals surface area contributed by atoms with Gasteiger partial charge in [0.1, 0.15) is 12.0 Å². The lowest BCUT2D eigenvalue weighted by atomic mass is 10.2. The van der Waals surface area contributed by atoms with Gasteiger partial charge in [-0.25, -0.2) is 4.79 Å². The molecule has 0 radical (unpaired) electrons. The van der Waals surface area contributed by atoms with E-state index in [0.717, 1.165) is 0 Å². The average molecular weight is 275 g/mol. The maximum Gasteiger partial charge on any atom is 0.338 e. The number of carboxylic acids is 1. The molecular weight excluding hydrogens is 262 g/mol. The number of aromatic carboxylic acids is 1. The van der Waals surface area contributed by atoms with Gasteiger partial charge in [-0.3, -0.25) is 9.78 Å². The standard InChI is InChI=1S/C12H13N5O3/c1-2-17-7-15-16-9(17)6-14-11(18)10-8(12(19)20)4-3-5-13-10/h3-5,7H,2,6H2,1H3,(H,14,18)(H,19,20). The SMILES string of the molecule is CCn1cnnc1CNC(=O)c1ncccc1C(=O)O. The Bertz CT molecular complexity index is 638. The summed E-state index contributed by atoms with van der Waals surface area (Å²) in [5.74, 6) is -1.16. The first-order chi connectivity index (χ1) is 9.63. The molecule has 0 fully saturated rings. The molecule has 0 spiro atoms. The first-order valence-electron chi connectivity index (χ1n) is 5.96. The van der Waals surface area contributed by atoms with Crippen molar-refractivity contribution in [3.63, 3.8) is 0 Å². The highest BCUT2D eigenvalue weighted by Crippen LogP contribution is 2.05. The first kappa shape index (κ1) is 13.7. The number of pyridine rings is 1. The molecule has 0 bridgehead atoms. The van der Waals surface area contributed by atoms with Gasteiger partial charge in [0.05, 0.1) is 12.1 Å². The predicted molar refractivity (Wildman–Crippen MR) is 68.1 cm³/mol. The zero-order valence-electron chi connectivity index (χ0n) is 10.8. The second kappa shape index (κ2) is 5.91. The van der Waals surface area contributed by atoms with Gasteiger partial charge in [0.15, 0.2) is 5.82 Å². The number of aryl methyl sites for hydroxylation is 1. The van der Waals surface area contributed by atoms with Crippen LogP contribution in [0, 0.1) is 0 Å². The molecule has 8 heteroatoms. The summed E-state index contributed by atoms with van der Waals surface area (Å²) < 4.78 is 1.77. The lowest BCUT2D eigenvalue weighted by Gasteiger charge is -2.07. The summed E-state index contributed by atoms with van der Waals surface area (Å²) >= 11 is 0. The molecule has 0 saturated carbocycles. The monoisotopic (exact) mass is 275 g/mol. The topological polar surface area (TPSA) is 110 Å². The molecule has 0 unspecified atom stereocenters. The second-order valence-electron chi connectivity index (χ2n) is 3.92. The minimum Gasteiger partial charge on any atom is -0.478 e. The third-order valence-corrected chi connectivity index (χ3v) is 2.70. The molecule has 2 aromatic heterocycles. The Labute approximate surface area is 114 Å². The number of nitrogens with zero attached hydrogens (tertiary/aromatic N) is 4. The molecule has 0 aromatic carbocycles. The largest absolute Gasteiger partial charge is 0.478 e. The molecule has 0 atom stereocenters. The van der Waals surface area contributed by atoms with E-state index in [0.29, 0.717) is 12.4 Å². The number of hydrogen-bond acceptors (Lipinski definition) is 5. The second-order valence-corrected chi connectivity index (χ2v) is 3.92. The summed E-state index contributed by atoms with van der Waals surface area (Å²) in [6.07, 6.45) is 2.93. The van der Waals surface area contributed by atoms with Crippen molar-refractivity contribution >= 4 is 11.9 Å². The minimum atomic E-state index is -1.19. The molecule has 0 saturated heterocycles. The van der Waals surface area contributed by atoms with Crippen LogP contribution in [-0.4, -0.2) is 36.7 Å². The van der Waals surface area contributed by atoms with E-state index in [9.17, 15) is 9.59 Å². The fourth-order valence-corrected chi connectivity index (χ4v) is 1.68. The third kappa shape index (κ3) is 2.79. The van der Waals surface area contributed by atoms with E-state index in [1.807, 2.05) is 6.92 Å². The first-order valence-corrected chi connectivity index (χ1v) is 5.96. The summed E-state index contributed by atoms with van der Waals surface area (Å²) in [7, 11) is 0. The summed E-state index contributed by atoms with van der Waals surface area (Å²) in [6, 6.07) is 2.80. The number of carboxylic acid groups (broad SMARTS) is 1. The van der Waals surface area contributed by atoms with Crippen LogP contribution in [0.2, 0.25) is 0 Å². The molecule has 2 N–H and O–H groups in total. The molecule has 20 heavy (non-hydrogen) atoms. The Morgan fingerprint density at radius 2 is 2.25 bits per heavy atom. The number of hydrogen-bond donors (Lipinski definition) is 2. The predicted octanol–water partition coefficient (Wildman–Crippen LogP) is 0.321. The Morgan fingerprint density at radius 3 is 2.95 bits per heavy atom. The van der Waals surface area contributed by atoms with Crippen molar-refractivity contribution in [1.82, 2.24) is 25.1 Å². The van der Waals surface area contributed by atoms with Crippen LogP contribution in [0.4, 0.5) is 0 Å². The van der Waals surface area contributed by atoms with Crippen LogP contribution in [0.3, 0.4) is 0 Å². The van der Waals surface area contributed by atoms with Gasteiger partial charge in [0, 0.05) is 12.7 Å². The summed E-state index contributed by atoms with van der Waals surface area (Å²) in [6.45, 7) is 2.76. The van der Waals surface area contributed by atoms with Gasteiger partial charge in [-0.05, 0) is 19.1 Å². The van der Waals surface area contributed by atoms with Crippen molar-refractivity contribution in [3.05, 3.63) is 41.7 Å². The van der Waals surface area contributed by atoms with Crippen LogP contribution in [0.1, 0.15) is 33.6 Å². The van der Waals surface area contributed by atoms with Crippen molar-refractivity contribution < 1.29 is 14.7 Å². The molecule has 2 rings (SSSR count). The van der Waals surface area contributed by atoms with Gasteiger partial charge in [0.25, 0.3) is 5.91 Å². The molecule has 1 amide bonds. The maximum atomic E-state index is 12.0. The number of rotatable bonds is 5. The molecular formula is C12H13N5O3. The van der Waals surface area contributed by atoms with Crippen LogP contribution in [-0.2, 0) is 13.1 Å². The van der Waals surface area contributed by atoms with Crippen molar-refractivity contribution in [3.8, 4) is 0 Å². The number of nitrogens with one attached hydrogen (secondary N) is 1. The van der Waals surface area contributed by atoms with Crippen molar-refractivity contribution in [2.45, 2.75) is 20.0 Å². The normalized spacial score (nSPS) is 10.2. The van der Waals surface area contributed by atoms with Gasteiger partial charge in [-0.2, -0.15) is 0 Å². The van der Waals surface area contributed by atoms with Crippen molar-refractivity contribution in [2.75, 3.05) is 0 Å². The smallest absolute Gasteiger partial charge is 0.338 e. The van der Waals surface area contributed by atoms with E-state index in [4.69, 9.17) is 5.11 Å². The summed E-state index contributed by atoms with van der Waals surface area (Å²) in [5, 5.41) is 19.2. The molecule has 2 aromatic rings.